The molecule has 0 fully saturated rings. The maximum atomic E-state index is 10.1. The molecule has 0 aliphatic carbocycles. The van der Waals surface area contributed by atoms with E-state index in [9.17, 15) is 10.1 Å². The van der Waals surface area contributed by atoms with Gasteiger partial charge in [0.15, 0.2) is 11.4 Å². The standard InChI is InChI=1S/C6H6N2O3/c7-5-2-1-4(8(10)11)3-6(5)9/h1-3,9H,7H2/p+1. The number of nitro benzene ring substituents is 1. The molecule has 11 heavy (non-hydrogen) atoms. The van der Waals surface area contributed by atoms with Crippen molar-refractivity contribution in [1.29, 1.82) is 0 Å². The van der Waals surface area contributed by atoms with E-state index in [1.54, 1.807) is 0 Å². The van der Waals surface area contributed by atoms with Crippen molar-refractivity contribution >= 4 is 11.4 Å². The maximum Gasteiger partial charge on any atom is 0.273 e. The summed E-state index contributed by atoms with van der Waals surface area (Å²) in [4.78, 5) is 9.57. The number of rotatable bonds is 1. The zero-order valence-electron chi connectivity index (χ0n) is 5.65. The Kier molecular flexibility index (Phi) is 1.74. The number of aromatic hydroxyl groups is 1. The maximum absolute atomic E-state index is 10.1. The van der Waals surface area contributed by atoms with E-state index in [0.29, 0.717) is 5.69 Å². The highest BCUT2D eigenvalue weighted by molar-refractivity contribution is 5.50. The Labute approximate surface area is 62.2 Å². The zero-order valence-corrected chi connectivity index (χ0v) is 5.65. The number of phenolic OH excluding ortho intramolecular Hbond substituents is 1. The van der Waals surface area contributed by atoms with Crippen LogP contribution in [0.2, 0.25) is 0 Å². The molecule has 0 aliphatic heterocycles. The van der Waals surface area contributed by atoms with Gasteiger partial charge in [0.2, 0.25) is 0 Å². The lowest BCUT2D eigenvalue weighted by molar-refractivity contribution is -0.385. The molecule has 0 unspecified atom stereocenters. The molecule has 0 saturated heterocycles. The van der Waals surface area contributed by atoms with Crippen molar-refractivity contribution in [3.05, 3.63) is 28.3 Å². The van der Waals surface area contributed by atoms with E-state index in [0.717, 1.165) is 6.07 Å². The van der Waals surface area contributed by atoms with Crippen LogP contribution in [0.25, 0.3) is 0 Å². The van der Waals surface area contributed by atoms with Gasteiger partial charge in [0.05, 0.1) is 11.0 Å². The van der Waals surface area contributed by atoms with Crippen molar-refractivity contribution in [2.24, 2.45) is 0 Å². The molecule has 0 spiro atoms. The molecule has 0 bridgehead atoms. The average molecular weight is 155 g/mol. The van der Waals surface area contributed by atoms with Crippen LogP contribution in [0.3, 0.4) is 0 Å². The molecule has 1 aromatic carbocycles. The molecule has 0 heterocycles. The van der Waals surface area contributed by atoms with E-state index in [1.807, 2.05) is 0 Å². The van der Waals surface area contributed by atoms with Gasteiger partial charge in [-0.2, -0.15) is 0 Å². The van der Waals surface area contributed by atoms with Crippen molar-refractivity contribution in [3.63, 3.8) is 0 Å². The topological polar surface area (TPSA) is 91.0 Å². The van der Waals surface area contributed by atoms with Crippen LogP contribution in [0.15, 0.2) is 18.2 Å². The number of nitro groups is 1. The van der Waals surface area contributed by atoms with Crippen LogP contribution in [0.1, 0.15) is 0 Å². The van der Waals surface area contributed by atoms with Crippen LogP contribution in [-0.4, -0.2) is 10.0 Å². The lowest BCUT2D eigenvalue weighted by atomic mass is 10.3. The third kappa shape index (κ3) is 1.44. The molecule has 0 radical (unpaired) electrons. The molecule has 0 atom stereocenters. The summed E-state index contributed by atoms with van der Waals surface area (Å²) in [5, 5.41) is 19.1. The lowest BCUT2D eigenvalue weighted by Crippen LogP contribution is -2.40. The number of hydrogen-bond donors (Lipinski definition) is 2. The minimum Gasteiger partial charge on any atom is -0.503 e. The monoisotopic (exact) mass is 155 g/mol. The highest BCUT2D eigenvalue weighted by atomic mass is 16.6. The van der Waals surface area contributed by atoms with Crippen molar-refractivity contribution in [2.75, 3.05) is 0 Å². The number of non-ortho nitro benzene ring substituents is 1. The quantitative estimate of drug-likeness (QED) is 0.447. The van der Waals surface area contributed by atoms with Gasteiger partial charge in [-0.15, -0.1) is 0 Å². The predicted molar refractivity (Wildman–Crippen MR) is 37.3 cm³/mol. The summed E-state index contributed by atoms with van der Waals surface area (Å²) >= 11 is 0. The Hall–Kier alpha value is -1.62. The van der Waals surface area contributed by atoms with E-state index in [2.05, 4.69) is 5.73 Å². The van der Waals surface area contributed by atoms with Crippen LogP contribution in [-0.2, 0) is 0 Å². The molecule has 4 N–H and O–H groups in total. The van der Waals surface area contributed by atoms with Crippen LogP contribution < -0.4 is 5.73 Å². The molecule has 58 valence electrons. The summed E-state index contributed by atoms with van der Waals surface area (Å²) in [5.74, 6) is -0.154. The third-order valence-corrected chi connectivity index (χ3v) is 1.28. The fraction of sp³-hybridized carbons (Fsp3) is 0. The summed E-state index contributed by atoms with van der Waals surface area (Å²) in [5.41, 5.74) is 3.70. The summed E-state index contributed by atoms with van der Waals surface area (Å²) in [7, 11) is 0. The molecular weight excluding hydrogens is 148 g/mol. The van der Waals surface area contributed by atoms with Crippen LogP contribution in [0.4, 0.5) is 11.4 Å². The van der Waals surface area contributed by atoms with Gasteiger partial charge < -0.3 is 10.8 Å². The first-order valence-electron chi connectivity index (χ1n) is 2.90. The summed E-state index contributed by atoms with van der Waals surface area (Å²) in [6.45, 7) is 0. The smallest absolute Gasteiger partial charge is 0.273 e. The summed E-state index contributed by atoms with van der Waals surface area (Å²) in [6.07, 6.45) is 0. The molecule has 0 aromatic heterocycles. The van der Waals surface area contributed by atoms with Gasteiger partial charge in [-0.1, -0.05) is 0 Å². The molecule has 5 nitrogen and oxygen atoms in total. The average Bonchev–Trinajstić information content (AvgIpc) is 1.94. The number of quaternary nitrogens is 1. The SMILES string of the molecule is [NH3+]c1ccc([N+](=O)[O-])cc1O. The first kappa shape index (κ1) is 7.49. The van der Waals surface area contributed by atoms with E-state index in [4.69, 9.17) is 5.11 Å². The van der Waals surface area contributed by atoms with Crippen molar-refractivity contribution < 1.29 is 15.8 Å². The molecule has 0 aliphatic rings. The number of hydrogen-bond acceptors (Lipinski definition) is 3. The lowest BCUT2D eigenvalue weighted by Gasteiger charge is -1.93. The van der Waals surface area contributed by atoms with Gasteiger partial charge in [0.25, 0.3) is 5.69 Å². The second-order valence-corrected chi connectivity index (χ2v) is 2.07. The third-order valence-electron chi connectivity index (χ3n) is 1.28. The molecule has 0 saturated carbocycles. The minimum absolute atomic E-state index is 0.130. The number of nitrogens with zero attached hydrogens (tertiary/aromatic N) is 1. The van der Waals surface area contributed by atoms with Crippen LogP contribution in [0, 0.1) is 10.1 Å². The fourth-order valence-electron chi connectivity index (χ4n) is 0.666. The van der Waals surface area contributed by atoms with Gasteiger partial charge in [-0.3, -0.25) is 10.1 Å². The fourth-order valence-corrected chi connectivity index (χ4v) is 0.666. The first-order valence-corrected chi connectivity index (χ1v) is 2.90. The van der Waals surface area contributed by atoms with Crippen molar-refractivity contribution in [2.45, 2.75) is 0 Å². The predicted octanol–water partition coefficient (Wildman–Crippen LogP) is 0.174. The van der Waals surface area contributed by atoms with Gasteiger partial charge in [-0.25, -0.2) is 0 Å². The molecule has 0 amide bonds. The van der Waals surface area contributed by atoms with Crippen LogP contribution in [0.5, 0.6) is 5.75 Å². The number of phenols is 1. The second kappa shape index (κ2) is 2.55. The molecule has 1 rings (SSSR count). The Balaban J connectivity index is 3.15. The highest BCUT2D eigenvalue weighted by Gasteiger charge is 2.08. The Morgan fingerprint density at radius 1 is 1.55 bits per heavy atom. The van der Waals surface area contributed by atoms with Crippen LogP contribution >= 0.6 is 0 Å². The molecule has 1 aromatic rings. The molecule has 5 heteroatoms. The normalized spacial score (nSPS) is 9.55. The Morgan fingerprint density at radius 2 is 2.18 bits per heavy atom. The first-order chi connectivity index (χ1) is 5.11. The van der Waals surface area contributed by atoms with E-state index in [1.165, 1.54) is 12.1 Å². The van der Waals surface area contributed by atoms with Gasteiger partial charge in [0.1, 0.15) is 0 Å². The largest absolute Gasteiger partial charge is 0.503 e. The van der Waals surface area contributed by atoms with Gasteiger partial charge in [0, 0.05) is 12.1 Å². The van der Waals surface area contributed by atoms with Crippen molar-refractivity contribution in [3.8, 4) is 5.75 Å². The number of benzene rings is 1. The van der Waals surface area contributed by atoms with Gasteiger partial charge in [-0.05, 0) is 0 Å². The second-order valence-electron chi connectivity index (χ2n) is 2.07. The van der Waals surface area contributed by atoms with E-state index in [-0.39, 0.29) is 11.4 Å². The Bertz CT molecular complexity index is 298. The molecular formula is C6H7N2O3+. The van der Waals surface area contributed by atoms with E-state index >= 15 is 0 Å². The minimum atomic E-state index is -0.570. The van der Waals surface area contributed by atoms with Gasteiger partial charge >= 0.3 is 0 Å². The summed E-state index contributed by atoms with van der Waals surface area (Å²) in [6, 6.07) is 3.76. The summed E-state index contributed by atoms with van der Waals surface area (Å²) < 4.78 is 0. The zero-order chi connectivity index (χ0) is 8.43. The highest BCUT2D eigenvalue weighted by Crippen LogP contribution is 2.23. The van der Waals surface area contributed by atoms with Crippen molar-refractivity contribution in [1.82, 2.24) is 0 Å². The van der Waals surface area contributed by atoms with E-state index < -0.39 is 4.92 Å². The Morgan fingerprint density at radius 3 is 2.64 bits per heavy atom.